The van der Waals surface area contributed by atoms with E-state index < -0.39 is 0 Å². The van der Waals surface area contributed by atoms with Gasteiger partial charge in [-0.3, -0.25) is 0 Å². The molecule has 0 unspecified atom stereocenters. The highest BCUT2D eigenvalue weighted by Gasteiger charge is 2.18. The van der Waals surface area contributed by atoms with Crippen molar-refractivity contribution in [3.05, 3.63) is 33.7 Å². The highest BCUT2D eigenvalue weighted by molar-refractivity contribution is 9.10. The Morgan fingerprint density at radius 2 is 1.68 bits per heavy atom. The van der Waals surface area contributed by atoms with Crippen molar-refractivity contribution >= 4 is 37.9 Å². The highest BCUT2D eigenvalue weighted by atomic mass is 79.9. The third-order valence-corrected chi connectivity index (χ3v) is 4.12. The molecule has 3 rings (SSSR count). The molecule has 0 aliphatic heterocycles. The molecule has 100 valence electrons. The lowest BCUT2D eigenvalue weighted by Crippen LogP contribution is -1.91. The third kappa shape index (κ3) is 1.99. The van der Waals surface area contributed by atoms with Gasteiger partial charge in [0.1, 0.15) is 22.7 Å². The normalized spacial score (nSPS) is 11.8. The van der Waals surface area contributed by atoms with Crippen LogP contribution in [0.15, 0.2) is 25.4 Å². The Morgan fingerprint density at radius 3 is 2.37 bits per heavy atom. The fourth-order valence-corrected chi connectivity index (χ4v) is 3.14. The monoisotopic (exact) mass is 322 g/mol. The van der Waals surface area contributed by atoms with Crippen LogP contribution in [0.1, 0.15) is 23.5 Å². The summed E-state index contributed by atoms with van der Waals surface area (Å²) >= 11 is 3.61. The van der Waals surface area contributed by atoms with Gasteiger partial charge in [-0.05, 0) is 54.8 Å². The van der Waals surface area contributed by atoms with E-state index in [0.717, 1.165) is 56.3 Å². The van der Waals surface area contributed by atoms with Crippen LogP contribution in [0.4, 0.5) is 0 Å². The minimum atomic E-state index is 0.176. The van der Waals surface area contributed by atoms with E-state index >= 15 is 0 Å². The molecule has 0 bridgehead atoms. The Hall–Kier alpha value is -1.26. The average Bonchev–Trinajstić information content (AvgIpc) is 2.93. The lowest BCUT2D eigenvalue weighted by Gasteiger charge is -2.05. The molecule has 0 fully saturated rings. The molecule has 1 aromatic carbocycles. The summed E-state index contributed by atoms with van der Waals surface area (Å²) in [5.41, 5.74) is 2.87. The number of aliphatic hydroxyl groups excluding tert-OH is 1. The van der Waals surface area contributed by atoms with Crippen molar-refractivity contribution in [2.75, 3.05) is 6.61 Å². The summed E-state index contributed by atoms with van der Waals surface area (Å²) < 4.78 is 12.6. The Balaban J connectivity index is 2.40. The number of fused-ring (bicyclic) bond motifs is 2. The molecule has 0 spiro atoms. The molecular formula is C15H15BrO3. The molecule has 0 amide bonds. The maximum absolute atomic E-state index is 9.07. The van der Waals surface area contributed by atoms with Gasteiger partial charge in [-0.1, -0.05) is 0 Å². The number of benzene rings is 1. The summed E-state index contributed by atoms with van der Waals surface area (Å²) in [4.78, 5) is 0. The first-order valence-corrected chi connectivity index (χ1v) is 7.12. The lowest BCUT2D eigenvalue weighted by molar-refractivity contribution is 0.288. The van der Waals surface area contributed by atoms with Crippen LogP contribution in [-0.2, 0) is 6.42 Å². The Morgan fingerprint density at radius 1 is 1.05 bits per heavy atom. The van der Waals surface area contributed by atoms with Gasteiger partial charge in [0.05, 0.1) is 4.47 Å². The molecule has 0 aliphatic rings. The van der Waals surface area contributed by atoms with Crippen LogP contribution in [0, 0.1) is 13.8 Å². The van der Waals surface area contributed by atoms with Crippen molar-refractivity contribution in [2.45, 2.75) is 26.7 Å². The topological polar surface area (TPSA) is 46.5 Å². The van der Waals surface area contributed by atoms with Gasteiger partial charge in [0.15, 0.2) is 0 Å². The van der Waals surface area contributed by atoms with Crippen molar-refractivity contribution < 1.29 is 13.9 Å². The van der Waals surface area contributed by atoms with Gasteiger partial charge >= 0.3 is 0 Å². The second-order valence-corrected chi connectivity index (χ2v) is 5.61. The highest BCUT2D eigenvalue weighted by Crippen LogP contribution is 2.39. The van der Waals surface area contributed by atoms with Crippen molar-refractivity contribution in [2.24, 2.45) is 0 Å². The van der Waals surface area contributed by atoms with E-state index in [-0.39, 0.29) is 6.61 Å². The smallest absolute Gasteiger partial charge is 0.149 e. The zero-order valence-corrected chi connectivity index (χ0v) is 12.5. The molecule has 2 heterocycles. The van der Waals surface area contributed by atoms with Gasteiger partial charge in [-0.2, -0.15) is 0 Å². The summed E-state index contributed by atoms with van der Waals surface area (Å²) in [5.74, 6) is 1.76. The Labute approximate surface area is 119 Å². The van der Waals surface area contributed by atoms with E-state index in [1.807, 2.05) is 26.0 Å². The molecule has 2 aromatic heterocycles. The molecule has 0 radical (unpaired) electrons. The summed E-state index contributed by atoms with van der Waals surface area (Å²) in [6, 6.07) is 4.04. The van der Waals surface area contributed by atoms with E-state index in [1.165, 1.54) is 0 Å². The average molecular weight is 323 g/mol. The van der Waals surface area contributed by atoms with Gasteiger partial charge in [-0.25, -0.2) is 0 Å². The van der Waals surface area contributed by atoms with Gasteiger partial charge < -0.3 is 13.9 Å². The van der Waals surface area contributed by atoms with Crippen LogP contribution in [0.25, 0.3) is 21.9 Å². The van der Waals surface area contributed by atoms with E-state index in [1.54, 1.807) is 0 Å². The van der Waals surface area contributed by atoms with E-state index in [2.05, 4.69) is 15.9 Å². The molecule has 19 heavy (non-hydrogen) atoms. The van der Waals surface area contributed by atoms with Gasteiger partial charge in [0, 0.05) is 22.9 Å². The van der Waals surface area contributed by atoms with Gasteiger partial charge in [0.2, 0.25) is 0 Å². The fraction of sp³-hybridized carbons (Fsp3) is 0.333. The van der Waals surface area contributed by atoms with Crippen molar-refractivity contribution in [3.8, 4) is 0 Å². The third-order valence-electron chi connectivity index (χ3n) is 3.33. The Kier molecular flexibility index (Phi) is 3.15. The standard InChI is InChI=1S/C15H15BrO3/c1-8-6-11-10(4-3-5-17)14-12(7-9(2)18-14)13(16)15(11)19-8/h6-7,17H,3-5H2,1-2H3. The molecule has 0 aliphatic carbocycles. The van der Waals surface area contributed by atoms with Crippen molar-refractivity contribution in [3.63, 3.8) is 0 Å². The van der Waals surface area contributed by atoms with Crippen molar-refractivity contribution in [1.82, 2.24) is 0 Å². The van der Waals surface area contributed by atoms with Gasteiger partial charge in [0.25, 0.3) is 0 Å². The number of aryl methyl sites for hydroxylation is 3. The number of aliphatic hydroxyl groups is 1. The maximum atomic E-state index is 9.07. The van der Waals surface area contributed by atoms with E-state index in [0.29, 0.717) is 0 Å². The van der Waals surface area contributed by atoms with Crippen LogP contribution < -0.4 is 0 Å². The van der Waals surface area contributed by atoms with Gasteiger partial charge in [-0.15, -0.1) is 0 Å². The minimum Gasteiger partial charge on any atom is -0.461 e. The molecule has 0 saturated carbocycles. The number of furan rings is 2. The summed E-state index contributed by atoms with van der Waals surface area (Å²) in [6.07, 6.45) is 1.50. The van der Waals surface area contributed by atoms with Crippen LogP contribution in [-0.4, -0.2) is 11.7 Å². The predicted octanol–water partition coefficient (Wildman–Crippen LogP) is 4.48. The van der Waals surface area contributed by atoms with Crippen LogP contribution in [0.3, 0.4) is 0 Å². The quantitative estimate of drug-likeness (QED) is 0.773. The first-order chi connectivity index (χ1) is 9.11. The van der Waals surface area contributed by atoms with Crippen LogP contribution >= 0.6 is 15.9 Å². The fourth-order valence-electron chi connectivity index (χ4n) is 2.55. The first kappa shape index (κ1) is 12.8. The maximum Gasteiger partial charge on any atom is 0.149 e. The van der Waals surface area contributed by atoms with Crippen LogP contribution in [0.5, 0.6) is 0 Å². The number of hydrogen-bond donors (Lipinski definition) is 1. The van der Waals surface area contributed by atoms with E-state index in [4.69, 9.17) is 13.9 Å². The second kappa shape index (κ2) is 4.69. The number of hydrogen-bond acceptors (Lipinski definition) is 3. The predicted molar refractivity (Wildman–Crippen MR) is 78.6 cm³/mol. The SMILES string of the molecule is Cc1cc2c(CCCO)c3oc(C)cc3c(Br)c2o1. The van der Waals surface area contributed by atoms with Crippen LogP contribution in [0.2, 0.25) is 0 Å². The van der Waals surface area contributed by atoms with Crippen molar-refractivity contribution in [1.29, 1.82) is 0 Å². The summed E-state index contributed by atoms with van der Waals surface area (Å²) in [6.45, 7) is 4.06. The molecule has 0 atom stereocenters. The molecule has 3 nitrogen and oxygen atoms in total. The summed E-state index contributed by atoms with van der Waals surface area (Å²) in [5, 5.41) is 11.2. The zero-order chi connectivity index (χ0) is 13.6. The zero-order valence-electron chi connectivity index (χ0n) is 10.9. The molecule has 1 N–H and O–H groups in total. The molecule has 3 aromatic rings. The largest absolute Gasteiger partial charge is 0.461 e. The lowest BCUT2D eigenvalue weighted by atomic mass is 10.0. The van der Waals surface area contributed by atoms with E-state index in [9.17, 15) is 0 Å². The molecule has 4 heteroatoms. The molecular weight excluding hydrogens is 308 g/mol. The molecule has 0 saturated heterocycles. The number of halogens is 1. The number of rotatable bonds is 3. The minimum absolute atomic E-state index is 0.176. The first-order valence-electron chi connectivity index (χ1n) is 6.33. The second-order valence-electron chi connectivity index (χ2n) is 4.82. The Bertz CT molecular complexity index is 694. The summed E-state index contributed by atoms with van der Waals surface area (Å²) in [7, 11) is 0.